The molecule has 3 aromatic rings. The number of amides is 1. The standard InChI is InChI=1S/C20H21FN4O2/c1-27-18-6-5-15(12-16(18)21)13-23-8-10-24(11-9-23)20(26)17-14-25-7-3-2-4-19(25)22-17/h2-7,12,14H,8-11,13H2,1H3. The molecule has 2 aromatic heterocycles. The normalized spacial score (nSPS) is 15.3. The van der Waals surface area contributed by atoms with Crippen molar-refractivity contribution >= 4 is 11.6 Å². The number of rotatable bonds is 4. The number of halogens is 1. The van der Waals surface area contributed by atoms with Gasteiger partial charge < -0.3 is 14.0 Å². The zero-order valence-corrected chi connectivity index (χ0v) is 15.1. The van der Waals surface area contributed by atoms with Crippen LogP contribution < -0.4 is 4.74 Å². The predicted molar refractivity (Wildman–Crippen MR) is 99.3 cm³/mol. The third-order valence-corrected chi connectivity index (χ3v) is 4.86. The second kappa shape index (κ2) is 7.36. The van der Waals surface area contributed by atoms with Crippen LogP contribution in [0.25, 0.3) is 5.65 Å². The van der Waals surface area contributed by atoms with Crippen LogP contribution in [0.5, 0.6) is 5.75 Å². The number of piperazine rings is 1. The molecule has 0 N–H and O–H groups in total. The van der Waals surface area contributed by atoms with Crippen LogP contribution in [-0.2, 0) is 6.54 Å². The quantitative estimate of drug-likeness (QED) is 0.710. The van der Waals surface area contributed by atoms with Crippen molar-refractivity contribution in [2.45, 2.75) is 6.54 Å². The van der Waals surface area contributed by atoms with E-state index in [2.05, 4.69) is 9.88 Å². The molecule has 140 valence electrons. The summed E-state index contributed by atoms with van der Waals surface area (Å²) in [7, 11) is 1.46. The Labute approximate surface area is 156 Å². The first-order valence-electron chi connectivity index (χ1n) is 8.92. The molecule has 7 heteroatoms. The van der Waals surface area contributed by atoms with Gasteiger partial charge in [-0.2, -0.15) is 0 Å². The van der Waals surface area contributed by atoms with E-state index in [-0.39, 0.29) is 17.5 Å². The summed E-state index contributed by atoms with van der Waals surface area (Å²) < 4.78 is 20.6. The van der Waals surface area contributed by atoms with E-state index >= 15 is 0 Å². The Morgan fingerprint density at radius 2 is 2.00 bits per heavy atom. The van der Waals surface area contributed by atoms with Gasteiger partial charge in [0.2, 0.25) is 0 Å². The van der Waals surface area contributed by atoms with Crippen molar-refractivity contribution in [3.05, 3.63) is 65.9 Å². The second-order valence-electron chi connectivity index (χ2n) is 6.63. The van der Waals surface area contributed by atoms with Crippen LogP contribution in [-0.4, -0.2) is 58.4 Å². The summed E-state index contributed by atoms with van der Waals surface area (Å²) in [6.07, 6.45) is 3.65. The SMILES string of the molecule is COc1ccc(CN2CCN(C(=O)c3cn4ccccc4n3)CC2)cc1F. The maximum atomic E-state index is 13.8. The molecule has 4 rings (SSSR count). The smallest absolute Gasteiger partial charge is 0.274 e. The zero-order chi connectivity index (χ0) is 18.8. The summed E-state index contributed by atoms with van der Waals surface area (Å²) >= 11 is 0. The largest absolute Gasteiger partial charge is 0.494 e. The molecule has 0 saturated carbocycles. The highest BCUT2D eigenvalue weighted by Gasteiger charge is 2.24. The molecule has 1 fully saturated rings. The number of ether oxygens (including phenoxy) is 1. The molecule has 0 unspecified atom stereocenters. The van der Waals surface area contributed by atoms with Gasteiger partial charge in [0.1, 0.15) is 11.3 Å². The number of hydrogen-bond acceptors (Lipinski definition) is 4. The van der Waals surface area contributed by atoms with Crippen molar-refractivity contribution in [1.82, 2.24) is 19.2 Å². The number of imidazole rings is 1. The van der Waals surface area contributed by atoms with E-state index in [1.807, 2.05) is 39.8 Å². The van der Waals surface area contributed by atoms with E-state index in [1.54, 1.807) is 12.3 Å². The van der Waals surface area contributed by atoms with Crippen molar-refractivity contribution in [3.63, 3.8) is 0 Å². The molecular formula is C20H21FN4O2. The monoisotopic (exact) mass is 368 g/mol. The lowest BCUT2D eigenvalue weighted by Gasteiger charge is -2.34. The molecule has 27 heavy (non-hydrogen) atoms. The molecule has 3 heterocycles. The lowest BCUT2D eigenvalue weighted by Crippen LogP contribution is -2.48. The zero-order valence-electron chi connectivity index (χ0n) is 15.1. The number of benzene rings is 1. The number of methoxy groups -OCH3 is 1. The van der Waals surface area contributed by atoms with Crippen LogP contribution in [0.1, 0.15) is 16.1 Å². The molecule has 1 saturated heterocycles. The average Bonchev–Trinajstić information content (AvgIpc) is 3.12. The van der Waals surface area contributed by atoms with E-state index in [0.29, 0.717) is 25.3 Å². The molecule has 0 spiro atoms. The van der Waals surface area contributed by atoms with Gasteiger partial charge in [0, 0.05) is 45.1 Å². The summed E-state index contributed by atoms with van der Waals surface area (Å²) in [5.41, 5.74) is 2.13. The summed E-state index contributed by atoms with van der Waals surface area (Å²) in [5.74, 6) is -0.147. The van der Waals surface area contributed by atoms with Crippen LogP contribution in [0, 0.1) is 5.82 Å². The summed E-state index contributed by atoms with van der Waals surface area (Å²) in [6, 6.07) is 10.7. The minimum atomic E-state index is -0.351. The van der Waals surface area contributed by atoms with E-state index in [4.69, 9.17) is 4.74 Å². The van der Waals surface area contributed by atoms with Crippen LogP contribution in [0.3, 0.4) is 0 Å². The van der Waals surface area contributed by atoms with Gasteiger partial charge >= 0.3 is 0 Å². The van der Waals surface area contributed by atoms with Crippen LogP contribution in [0.2, 0.25) is 0 Å². The fourth-order valence-electron chi connectivity index (χ4n) is 3.38. The Morgan fingerprint density at radius 3 is 2.70 bits per heavy atom. The maximum absolute atomic E-state index is 13.8. The van der Waals surface area contributed by atoms with Crippen molar-refractivity contribution in [2.24, 2.45) is 0 Å². The van der Waals surface area contributed by atoms with Crippen LogP contribution in [0.4, 0.5) is 4.39 Å². The molecule has 1 aliphatic heterocycles. The molecule has 0 aliphatic carbocycles. The van der Waals surface area contributed by atoms with Crippen LogP contribution >= 0.6 is 0 Å². The van der Waals surface area contributed by atoms with E-state index < -0.39 is 0 Å². The van der Waals surface area contributed by atoms with Crippen LogP contribution in [0.15, 0.2) is 48.8 Å². The Kier molecular flexibility index (Phi) is 4.77. The van der Waals surface area contributed by atoms with Gasteiger partial charge in [-0.3, -0.25) is 9.69 Å². The maximum Gasteiger partial charge on any atom is 0.274 e. The number of carbonyl (C=O) groups excluding carboxylic acids is 1. The Morgan fingerprint density at radius 1 is 1.19 bits per heavy atom. The highest BCUT2D eigenvalue weighted by atomic mass is 19.1. The molecular weight excluding hydrogens is 347 g/mol. The van der Waals surface area contributed by atoms with Crippen molar-refractivity contribution in [2.75, 3.05) is 33.3 Å². The van der Waals surface area contributed by atoms with E-state index in [9.17, 15) is 9.18 Å². The predicted octanol–water partition coefficient (Wildman–Crippen LogP) is 2.44. The molecule has 0 bridgehead atoms. The molecule has 0 atom stereocenters. The second-order valence-corrected chi connectivity index (χ2v) is 6.63. The summed E-state index contributed by atoms with van der Waals surface area (Å²) in [4.78, 5) is 21.2. The highest BCUT2D eigenvalue weighted by Crippen LogP contribution is 2.19. The van der Waals surface area contributed by atoms with Crippen molar-refractivity contribution in [3.8, 4) is 5.75 Å². The Hall–Kier alpha value is -2.93. The van der Waals surface area contributed by atoms with Gasteiger partial charge in [-0.25, -0.2) is 9.37 Å². The summed E-state index contributed by atoms with van der Waals surface area (Å²) in [5, 5.41) is 0. The van der Waals surface area contributed by atoms with E-state index in [1.165, 1.54) is 13.2 Å². The lowest BCUT2D eigenvalue weighted by atomic mass is 10.1. The molecule has 1 aliphatic rings. The fraction of sp³-hybridized carbons (Fsp3) is 0.300. The third-order valence-electron chi connectivity index (χ3n) is 4.86. The van der Waals surface area contributed by atoms with Gasteiger partial charge in [-0.05, 0) is 29.8 Å². The first-order chi connectivity index (χ1) is 13.1. The number of carbonyl (C=O) groups is 1. The molecule has 0 radical (unpaired) electrons. The van der Waals surface area contributed by atoms with Gasteiger partial charge in [0.25, 0.3) is 5.91 Å². The minimum absolute atomic E-state index is 0.0474. The number of fused-ring (bicyclic) bond motifs is 1. The lowest BCUT2D eigenvalue weighted by molar-refractivity contribution is 0.0623. The van der Waals surface area contributed by atoms with Gasteiger partial charge in [-0.1, -0.05) is 12.1 Å². The van der Waals surface area contributed by atoms with Crippen molar-refractivity contribution in [1.29, 1.82) is 0 Å². The van der Waals surface area contributed by atoms with Gasteiger partial charge in [0.05, 0.1) is 7.11 Å². The minimum Gasteiger partial charge on any atom is -0.494 e. The summed E-state index contributed by atoms with van der Waals surface area (Å²) in [6.45, 7) is 3.40. The fourth-order valence-corrected chi connectivity index (χ4v) is 3.38. The van der Waals surface area contributed by atoms with Crippen molar-refractivity contribution < 1.29 is 13.9 Å². The first-order valence-corrected chi connectivity index (χ1v) is 8.92. The van der Waals surface area contributed by atoms with Gasteiger partial charge in [-0.15, -0.1) is 0 Å². The third kappa shape index (κ3) is 3.64. The van der Waals surface area contributed by atoms with E-state index in [0.717, 1.165) is 24.3 Å². The average molecular weight is 368 g/mol. The number of pyridine rings is 1. The molecule has 1 aromatic carbocycles. The topological polar surface area (TPSA) is 50.1 Å². The Balaban J connectivity index is 1.37. The number of hydrogen-bond donors (Lipinski definition) is 0. The van der Waals surface area contributed by atoms with Gasteiger partial charge in [0.15, 0.2) is 11.6 Å². The molecule has 6 nitrogen and oxygen atoms in total. The number of nitrogens with zero attached hydrogens (tertiary/aromatic N) is 4. The highest BCUT2D eigenvalue weighted by molar-refractivity contribution is 5.93. The number of aromatic nitrogens is 2. The first kappa shape index (κ1) is 17.5. The Bertz CT molecular complexity index is 931. The molecule has 1 amide bonds.